The van der Waals surface area contributed by atoms with Gasteiger partial charge in [-0.1, -0.05) is 48.5 Å². The molecule has 0 spiro atoms. The summed E-state index contributed by atoms with van der Waals surface area (Å²) in [5, 5.41) is 3.05. The molecule has 1 saturated heterocycles. The molecule has 2 aliphatic heterocycles. The number of piperidine rings is 1. The number of nitrogens with one attached hydrogen (secondary N) is 1. The molecule has 2 aliphatic rings. The highest BCUT2D eigenvalue weighted by atomic mass is 16.5. The molecule has 0 saturated carbocycles. The first-order valence-corrected chi connectivity index (χ1v) is 12.5. The number of fused-ring (bicyclic) bond motifs is 3. The van der Waals surface area contributed by atoms with Crippen LogP contribution in [0.15, 0.2) is 54.6 Å². The van der Waals surface area contributed by atoms with Crippen molar-refractivity contribution in [1.82, 2.24) is 15.1 Å². The van der Waals surface area contributed by atoms with E-state index in [1.54, 1.807) is 4.90 Å². The molecule has 7 nitrogen and oxygen atoms in total. The van der Waals surface area contributed by atoms with E-state index in [0.29, 0.717) is 39.2 Å². The van der Waals surface area contributed by atoms with Crippen LogP contribution < -0.4 is 10.1 Å². The predicted molar refractivity (Wildman–Crippen MR) is 133 cm³/mol. The van der Waals surface area contributed by atoms with Crippen LogP contribution in [0, 0.1) is 11.8 Å². The third kappa shape index (κ3) is 6.84. The molecule has 7 heteroatoms. The number of carbonyl (C=O) groups is 3. The first kappa shape index (κ1) is 24.8. The number of benzene rings is 2. The monoisotopic (exact) mass is 477 g/mol. The van der Waals surface area contributed by atoms with Crippen LogP contribution in [-0.4, -0.2) is 53.8 Å². The zero-order valence-corrected chi connectivity index (χ0v) is 20.4. The van der Waals surface area contributed by atoms with Crippen LogP contribution in [0.5, 0.6) is 5.75 Å². The standard InChI is InChI=1S/C28H35N3O4/c1-21(32)31-19-25-10-5-6-12-26(25)35-15-7-11-24-18-30(28(34)20-31)14-13-23(24)16-27(33)29-17-22-8-3-2-4-9-22/h2-6,8-10,12,23-24H,7,11,13-20H2,1H3,(H,29,33)/t23-,24-/m0/s1. The van der Waals surface area contributed by atoms with E-state index in [4.69, 9.17) is 4.74 Å². The summed E-state index contributed by atoms with van der Waals surface area (Å²) >= 11 is 0. The van der Waals surface area contributed by atoms with Crippen molar-refractivity contribution >= 4 is 17.7 Å². The topological polar surface area (TPSA) is 79.0 Å². The summed E-state index contributed by atoms with van der Waals surface area (Å²) in [6.45, 7) is 4.22. The van der Waals surface area contributed by atoms with Gasteiger partial charge in [0.1, 0.15) is 12.3 Å². The molecule has 1 fully saturated rings. The summed E-state index contributed by atoms with van der Waals surface area (Å²) in [7, 11) is 0. The Morgan fingerprint density at radius 3 is 2.60 bits per heavy atom. The average molecular weight is 478 g/mol. The molecule has 2 bridgehead atoms. The van der Waals surface area contributed by atoms with Crippen molar-refractivity contribution in [2.45, 2.75) is 45.7 Å². The van der Waals surface area contributed by atoms with Gasteiger partial charge in [-0.25, -0.2) is 0 Å². The second-order valence-electron chi connectivity index (χ2n) is 9.59. The lowest BCUT2D eigenvalue weighted by atomic mass is 9.80. The number of rotatable bonds is 4. The molecule has 2 heterocycles. The lowest BCUT2D eigenvalue weighted by Gasteiger charge is -2.39. The van der Waals surface area contributed by atoms with Crippen LogP contribution in [0.25, 0.3) is 0 Å². The maximum Gasteiger partial charge on any atom is 0.242 e. The molecule has 0 radical (unpaired) electrons. The predicted octanol–water partition coefficient (Wildman–Crippen LogP) is 3.38. The minimum absolute atomic E-state index is 0.0326. The summed E-state index contributed by atoms with van der Waals surface area (Å²) in [5.74, 6) is 1.08. The highest BCUT2D eigenvalue weighted by molar-refractivity contribution is 5.84. The minimum atomic E-state index is -0.135. The van der Waals surface area contributed by atoms with Crippen LogP contribution in [0.2, 0.25) is 0 Å². The number of ether oxygens (including phenoxy) is 1. The van der Waals surface area contributed by atoms with E-state index < -0.39 is 0 Å². The van der Waals surface area contributed by atoms with Crippen LogP contribution in [0.3, 0.4) is 0 Å². The van der Waals surface area contributed by atoms with E-state index in [9.17, 15) is 14.4 Å². The van der Waals surface area contributed by atoms with Crippen LogP contribution in [-0.2, 0) is 27.5 Å². The number of carbonyl (C=O) groups excluding carboxylic acids is 3. The van der Waals surface area contributed by atoms with Crippen molar-refractivity contribution in [3.8, 4) is 5.75 Å². The maximum absolute atomic E-state index is 13.2. The van der Waals surface area contributed by atoms with E-state index in [2.05, 4.69) is 5.32 Å². The Bertz CT molecular complexity index is 1030. The van der Waals surface area contributed by atoms with Gasteiger partial charge in [-0.15, -0.1) is 0 Å². The largest absolute Gasteiger partial charge is 0.493 e. The maximum atomic E-state index is 13.2. The number of hydrogen-bond donors (Lipinski definition) is 1. The Kier molecular flexibility index (Phi) is 8.40. The van der Waals surface area contributed by atoms with Crippen molar-refractivity contribution in [2.75, 3.05) is 26.2 Å². The van der Waals surface area contributed by atoms with Crippen molar-refractivity contribution in [3.63, 3.8) is 0 Å². The number of para-hydroxylation sites is 1. The lowest BCUT2D eigenvalue weighted by Crippen LogP contribution is -2.48. The summed E-state index contributed by atoms with van der Waals surface area (Å²) < 4.78 is 6.08. The van der Waals surface area contributed by atoms with Gasteiger partial charge in [-0.2, -0.15) is 0 Å². The summed E-state index contributed by atoms with van der Waals surface area (Å²) in [6, 6.07) is 17.6. The number of amides is 3. The van der Waals surface area contributed by atoms with E-state index in [0.717, 1.165) is 36.1 Å². The van der Waals surface area contributed by atoms with E-state index in [1.165, 1.54) is 6.92 Å². The molecule has 0 unspecified atom stereocenters. The van der Waals surface area contributed by atoms with Gasteiger partial charge < -0.3 is 19.9 Å². The number of nitrogens with zero attached hydrogens (tertiary/aromatic N) is 2. The number of hydrogen-bond acceptors (Lipinski definition) is 4. The zero-order chi connectivity index (χ0) is 24.6. The molecule has 35 heavy (non-hydrogen) atoms. The minimum Gasteiger partial charge on any atom is -0.493 e. The highest BCUT2D eigenvalue weighted by Crippen LogP contribution is 2.31. The average Bonchev–Trinajstić information content (AvgIpc) is 2.87. The third-order valence-corrected chi connectivity index (χ3v) is 7.11. The summed E-state index contributed by atoms with van der Waals surface area (Å²) in [5.41, 5.74) is 1.98. The van der Waals surface area contributed by atoms with Gasteiger partial charge >= 0.3 is 0 Å². The van der Waals surface area contributed by atoms with Crippen molar-refractivity contribution in [2.24, 2.45) is 11.8 Å². The van der Waals surface area contributed by atoms with Gasteiger partial charge in [-0.05, 0) is 42.7 Å². The van der Waals surface area contributed by atoms with Gasteiger partial charge in [0.25, 0.3) is 0 Å². The van der Waals surface area contributed by atoms with E-state index in [1.807, 2.05) is 59.5 Å². The van der Waals surface area contributed by atoms with Gasteiger partial charge in [0, 0.05) is 45.1 Å². The Hall–Kier alpha value is -3.35. The molecule has 1 N–H and O–H groups in total. The third-order valence-electron chi connectivity index (χ3n) is 7.11. The fraction of sp³-hybridized carbons (Fsp3) is 0.464. The fourth-order valence-corrected chi connectivity index (χ4v) is 5.06. The SMILES string of the molecule is CC(=O)N1CC(=O)N2CC[C@@H](CC(=O)NCc3ccccc3)[C@@H](CCCOc3ccccc3C1)C2. The van der Waals surface area contributed by atoms with Crippen molar-refractivity contribution in [3.05, 3.63) is 65.7 Å². The fourth-order valence-electron chi connectivity index (χ4n) is 5.06. The van der Waals surface area contributed by atoms with Crippen LogP contribution in [0.1, 0.15) is 43.7 Å². The second-order valence-corrected chi connectivity index (χ2v) is 9.59. The summed E-state index contributed by atoms with van der Waals surface area (Å²) in [4.78, 5) is 41.7. The van der Waals surface area contributed by atoms with Gasteiger partial charge in [0.15, 0.2) is 0 Å². The zero-order valence-electron chi connectivity index (χ0n) is 20.4. The van der Waals surface area contributed by atoms with E-state index in [-0.39, 0.29) is 36.1 Å². The molecule has 0 aliphatic carbocycles. The molecule has 2 aromatic rings. The van der Waals surface area contributed by atoms with Gasteiger partial charge in [0.05, 0.1) is 6.61 Å². The molecule has 3 amide bonds. The molecule has 2 atom stereocenters. The van der Waals surface area contributed by atoms with Gasteiger partial charge in [0.2, 0.25) is 17.7 Å². The summed E-state index contributed by atoms with van der Waals surface area (Å²) in [6.07, 6.45) is 2.98. The van der Waals surface area contributed by atoms with Crippen LogP contribution in [0.4, 0.5) is 0 Å². The highest BCUT2D eigenvalue weighted by Gasteiger charge is 2.33. The Labute approximate surface area is 207 Å². The molecule has 186 valence electrons. The van der Waals surface area contributed by atoms with Crippen LogP contribution >= 0.6 is 0 Å². The Morgan fingerprint density at radius 1 is 1.03 bits per heavy atom. The first-order valence-electron chi connectivity index (χ1n) is 12.5. The molecule has 2 aromatic carbocycles. The quantitative estimate of drug-likeness (QED) is 0.732. The lowest BCUT2D eigenvalue weighted by molar-refractivity contribution is -0.141. The molecular formula is C28H35N3O4. The van der Waals surface area contributed by atoms with Gasteiger partial charge in [-0.3, -0.25) is 14.4 Å². The van der Waals surface area contributed by atoms with Crippen molar-refractivity contribution in [1.29, 1.82) is 0 Å². The normalized spacial score (nSPS) is 21.0. The Balaban J connectivity index is 1.43. The second kappa shape index (κ2) is 11.9. The first-order chi connectivity index (χ1) is 17.0. The molecule has 0 aromatic heterocycles. The smallest absolute Gasteiger partial charge is 0.242 e. The Morgan fingerprint density at radius 2 is 1.80 bits per heavy atom. The van der Waals surface area contributed by atoms with Crippen molar-refractivity contribution < 1.29 is 19.1 Å². The molecule has 4 rings (SSSR count). The molecular weight excluding hydrogens is 442 g/mol. The van der Waals surface area contributed by atoms with E-state index >= 15 is 0 Å².